The van der Waals surface area contributed by atoms with Gasteiger partial charge in [0, 0.05) is 38.3 Å². The summed E-state index contributed by atoms with van der Waals surface area (Å²) >= 11 is 0. The van der Waals surface area contributed by atoms with Crippen molar-refractivity contribution in [2.24, 2.45) is 0 Å². The molecule has 2 aromatic rings. The molecule has 0 atom stereocenters. The van der Waals surface area contributed by atoms with Crippen LogP contribution in [0.2, 0.25) is 0 Å². The van der Waals surface area contributed by atoms with Crippen molar-refractivity contribution in [2.45, 2.75) is 19.2 Å². The lowest BCUT2D eigenvalue weighted by Crippen LogP contribution is -2.51. The highest BCUT2D eigenvalue weighted by atomic mass is 19.4. The third-order valence-corrected chi connectivity index (χ3v) is 5.37. The number of amides is 2. The van der Waals surface area contributed by atoms with E-state index in [1.807, 2.05) is 4.90 Å². The first kappa shape index (κ1) is 25.4. The van der Waals surface area contributed by atoms with E-state index in [0.717, 1.165) is 17.7 Å². The van der Waals surface area contributed by atoms with Crippen LogP contribution in [0.1, 0.15) is 21.5 Å². The number of nitrogens with zero attached hydrogens (tertiary/aromatic N) is 2. The average Bonchev–Trinajstić information content (AvgIpc) is 2.79. The van der Waals surface area contributed by atoms with Crippen molar-refractivity contribution in [3.63, 3.8) is 0 Å². The first-order valence-electron chi connectivity index (χ1n) is 10.6. The molecule has 0 unspecified atom stereocenters. The standard InChI is InChI=1S/C23H24F5N3O3/c24-22(25)34-19-7-1-16(2-8-19)9-10-29-20(32)15-30-11-13-31(14-12-30)21(33)17-3-5-18(6-4-17)23(26,27)28/h1-8,22H,9-15H2,(H,29,32). The van der Waals surface area contributed by atoms with E-state index in [-0.39, 0.29) is 29.7 Å². The SMILES string of the molecule is O=C(CN1CCN(C(=O)c2ccc(C(F)(F)F)cc2)CC1)NCCc1ccc(OC(F)F)cc1. The Morgan fingerprint density at radius 1 is 0.941 bits per heavy atom. The molecule has 2 aromatic carbocycles. The van der Waals surface area contributed by atoms with Gasteiger partial charge in [0.05, 0.1) is 12.1 Å². The molecule has 0 saturated carbocycles. The molecule has 1 fully saturated rings. The molecule has 0 spiro atoms. The minimum absolute atomic E-state index is 0.0683. The maximum absolute atomic E-state index is 12.7. The van der Waals surface area contributed by atoms with Crippen LogP contribution in [-0.4, -0.2) is 67.5 Å². The van der Waals surface area contributed by atoms with Crippen LogP contribution in [0.3, 0.4) is 0 Å². The van der Waals surface area contributed by atoms with Gasteiger partial charge in [0.25, 0.3) is 5.91 Å². The summed E-state index contributed by atoms with van der Waals surface area (Å²) in [6.45, 7) is -0.698. The lowest BCUT2D eigenvalue weighted by Gasteiger charge is -2.34. The van der Waals surface area contributed by atoms with E-state index < -0.39 is 18.4 Å². The lowest BCUT2D eigenvalue weighted by atomic mass is 10.1. The summed E-state index contributed by atoms with van der Waals surface area (Å²) in [6.07, 6.45) is -3.93. The zero-order chi connectivity index (χ0) is 24.7. The Bertz CT molecular complexity index is 957. The summed E-state index contributed by atoms with van der Waals surface area (Å²) in [5.74, 6) is -0.457. The normalized spacial score (nSPS) is 14.8. The Morgan fingerprint density at radius 3 is 2.12 bits per heavy atom. The van der Waals surface area contributed by atoms with Crippen LogP contribution in [0, 0.1) is 0 Å². The van der Waals surface area contributed by atoms with E-state index >= 15 is 0 Å². The molecule has 1 heterocycles. The monoisotopic (exact) mass is 485 g/mol. The molecule has 3 rings (SSSR count). The quantitative estimate of drug-likeness (QED) is 0.583. The van der Waals surface area contributed by atoms with Crippen molar-refractivity contribution in [2.75, 3.05) is 39.3 Å². The molecule has 0 aromatic heterocycles. The summed E-state index contributed by atoms with van der Waals surface area (Å²) in [5, 5.41) is 2.80. The number of hydrogen-bond donors (Lipinski definition) is 1. The first-order chi connectivity index (χ1) is 16.1. The molecule has 6 nitrogen and oxygen atoms in total. The van der Waals surface area contributed by atoms with Crippen LogP contribution in [0.25, 0.3) is 0 Å². The number of ether oxygens (including phenoxy) is 1. The number of benzene rings is 2. The maximum Gasteiger partial charge on any atom is 0.416 e. The highest BCUT2D eigenvalue weighted by Crippen LogP contribution is 2.29. The lowest BCUT2D eigenvalue weighted by molar-refractivity contribution is -0.137. The minimum atomic E-state index is -4.45. The summed E-state index contributed by atoms with van der Waals surface area (Å²) in [7, 11) is 0. The minimum Gasteiger partial charge on any atom is -0.435 e. The van der Waals surface area contributed by atoms with Crippen LogP contribution < -0.4 is 10.1 Å². The fraction of sp³-hybridized carbons (Fsp3) is 0.391. The van der Waals surface area contributed by atoms with E-state index in [2.05, 4.69) is 10.1 Å². The Kier molecular flexibility index (Phi) is 8.43. The van der Waals surface area contributed by atoms with Gasteiger partial charge in [0.2, 0.25) is 5.91 Å². The zero-order valence-electron chi connectivity index (χ0n) is 18.2. The molecule has 0 bridgehead atoms. The summed E-state index contributed by atoms with van der Waals surface area (Å²) < 4.78 is 66.7. The van der Waals surface area contributed by atoms with E-state index in [1.165, 1.54) is 24.3 Å². The van der Waals surface area contributed by atoms with Crippen molar-refractivity contribution in [3.05, 3.63) is 65.2 Å². The summed E-state index contributed by atoms with van der Waals surface area (Å²) in [6, 6.07) is 10.3. The predicted molar refractivity (Wildman–Crippen MR) is 114 cm³/mol. The smallest absolute Gasteiger partial charge is 0.416 e. The number of piperazine rings is 1. The maximum atomic E-state index is 12.7. The number of hydrogen-bond acceptors (Lipinski definition) is 4. The number of alkyl halides is 5. The second-order valence-corrected chi connectivity index (χ2v) is 7.77. The number of carbonyl (C=O) groups is 2. The Balaban J connectivity index is 1.37. The van der Waals surface area contributed by atoms with Gasteiger partial charge in [0.15, 0.2) is 0 Å². The number of carbonyl (C=O) groups excluding carboxylic acids is 2. The van der Waals surface area contributed by atoms with Crippen LogP contribution >= 0.6 is 0 Å². The van der Waals surface area contributed by atoms with Gasteiger partial charge in [-0.3, -0.25) is 14.5 Å². The van der Waals surface area contributed by atoms with Gasteiger partial charge in [-0.15, -0.1) is 0 Å². The highest BCUT2D eigenvalue weighted by molar-refractivity contribution is 5.94. The van der Waals surface area contributed by atoms with Crippen molar-refractivity contribution < 1.29 is 36.3 Å². The van der Waals surface area contributed by atoms with Crippen molar-refractivity contribution in [1.29, 1.82) is 0 Å². The molecule has 1 saturated heterocycles. The third-order valence-electron chi connectivity index (χ3n) is 5.37. The molecule has 1 N–H and O–H groups in total. The molecule has 34 heavy (non-hydrogen) atoms. The molecule has 0 aliphatic carbocycles. The molecule has 1 aliphatic rings. The predicted octanol–water partition coefficient (Wildman–Crippen LogP) is 3.42. The van der Waals surface area contributed by atoms with Crippen molar-refractivity contribution >= 4 is 11.8 Å². The summed E-state index contributed by atoms with van der Waals surface area (Å²) in [4.78, 5) is 28.2. The van der Waals surface area contributed by atoms with Gasteiger partial charge in [-0.05, 0) is 48.4 Å². The largest absolute Gasteiger partial charge is 0.435 e. The van der Waals surface area contributed by atoms with Crippen molar-refractivity contribution in [3.8, 4) is 5.75 Å². The molecule has 1 aliphatic heterocycles. The fourth-order valence-corrected chi connectivity index (χ4v) is 3.54. The molecule has 2 amide bonds. The van der Waals surface area contributed by atoms with Gasteiger partial charge in [-0.2, -0.15) is 22.0 Å². The first-order valence-corrected chi connectivity index (χ1v) is 10.6. The van der Waals surface area contributed by atoms with Crippen LogP contribution in [-0.2, 0) is 17.4 Å². The second-order valence-electron chi connectivity index (χ2n) is 7.77. The molecular formula is C23H24F5N3O3. The average molecular weight is 485 g/mol. The Morgan fingerprint density at radius 2 is 1.56 bits per heavy atom. The fourth-order valence-electron chi connectivity index (χ4n) is 3.54. The van der Waals surface area contributed by atoms with Crippen LogP contribution in [0.5, 0.6) is 5.75 Å². The van der Waals surface area contributed by atoms with Gasteiger partial charge in [-0.25, -0.2) is 0 Å². The Hall–Kier alpha value is -3.21. The van der Waals surface area contributed by atoms with E-state index in [0.29, 0.717) is 39.1 Å². The van der Waals surface area contributed by atoms with Crippen LogP contribution in [0.4, 0.5) is 22.0 Å². The number of rotatable bonds is 8. The van der Waals surface area contributed by atoms with Crippen molar-refractivity contribution in [1.82, 2.24) is 15.1 Å². The van der Waals surface area contributed by atoms with E-state index in [4.69, 9.17) is 0 Å². The van der Waals surface area contributed by atoms with Gasteiger partial charge in [0.1, 0.15) is 5.75 Å². The third kappa shape index (κ3) is 7.41. The number of nitrogens with one attached hydrogen (secondary N) is 1. The second kappa shape index (κ2) is 11.3. The van der Waals surface area contributed by atoms with Gasteiger partial charge < -0.3 is 15.0 Å². The molecule has 0 radical (unpaired) electrons. The van der Waals surface area contributed by atoms with E-state index in [9.17, 15) is 31.5 Å². The topological polar surface area (TPSA) is 61.9 Å². The molecular weight excluding hydrogens is 461 g/mol. The number of halogens is 5. The van der Waals surface area contributed by atoms with Crippen LogP contribution in [0.15, 0.2) is 48.5 Å². The highest BCUT2D eigenvalue weighted by Gasteiger charge is 2.30. The molecule has 11 heteroatoms. The van der Waals surface area contributed by atoms with Gasteiger partial charge in [-0.1, -0.05) is 12.1 Å². The Labute approximate surface area is 193 Å². The zero-order valence-corrected chi connectivity index (χ0v) is 18.2. The van der Waals surface area contributed by atoms with E-state index in [1.54, 1.807) is 17.0 Å². The van der Waals surface area contributed by atoms with Gasteiger partial charge >= 0.3 is 12.8 Å². The summed E-state index contributed by atoms with van der Waals surface area (Å²) in [5.41, 5.74) is 0.239. The molecule has 184 valence electrons.